The standard InChI is InChI=1S/C15H11BN2O2/c1-20-15(19)13-12-8-7-11(16)9-18(12)17-14(13)10-5-3-2-4-6-10/h2-9H,1H3. The number of ether oxygens (including phenoxy) is 1. The smallest absolute Gasteiger partial charge is 0.342 e. The fourth-order valence-electron chi connectivity index (χ4n) is 2.17. The number of nitrogens with zero attached hydrogens (tertiary/aromatic N) is 2. The van der Waals surface area contributed by atoms with E-state index >= 15 is 0 Å². The van der Waals surface area contributed by atoms with E-state index in [9.17, 15) is 4.79 Å². The average molecular weight is 262 g/mol. The number of rotatable bonds is 2. The van der Waals surface area contributed by atoms with Crippen molar-refractivity contribution in [3.63, 3.8) is 0 Å². The summed E-state index contributed by atoms with van der Waals surface area (Å²) in [5.74, 6) is -0.413. The minimum atomic E-state index is -0.413. The first-order valence-electron chi connectivity index (χ1n) is 6.12. The summed E-state index contributed by atoms with van der Waals surface area (Å²) in [4.78, 5) is 12.1. The van der Waals surface area contributed by atoms with E-state index in [1.807, 2.05) is 30.3 Å². The van der Waals surface area contributed by atoms with Crippen molar-refractivity contribution in [2.45, 2.75) is 0 Å². The fraction of sp³-hybridized carbons (Fsp3) is 0.0667. The Labute approximate surface area is 117 Å². The number of fused-ring (bicyclic) bond motifs is 1. The normalized spacial score (nSPS) is 10.7. The molecule has 3 aromatic rings. The van der Waals surface area contributed by atoms with E-state index < -0.39 is 5.97 Å². The molecule has 0 aliphatic heterocycles. The van der Waals surface area contributed by atoms with Crippen LogP contribution in [0.4, 0.5) is 0 Å². The quantitative estimate of drug-likeness (QED) is 0.520. The molecular formula is C15H11BN2O2. The van der Waals surface area contributed by atoms with Gasteiger partial charge in [0.25, 0.3) is 0 Å². The summed E-state index contributed by atoms with van der Waals surface area (Å²) in [6.45, 7) is 0. The van der Waals surface area contributed by atoms with Gasteiger partial charge in [0.2, 0.25) is 0 Å². The lowest BCUT2D eigenvalue weighted by molar-refractivity contribution is 0.0604. The second kappa shape index (κ2) is 4.85. The van der Waals surface area contributed by atoms with Gasteiger partial charge in [0.15, 0.2) is 0 Å². The van der Waals surface area contributed by atoms with Gasteiger partial charge in [-0.3, -0.25) is 0 Å². The Morgan fingerprint density at radius 3 is 2.65 bits per heavy atom. The van der Waals surface area contributed by atoms with Crippen LogP contribution in [0, 0.1) is 0 Å². The van der Waals surface area contributed by atoms with Crippen LogP contribution in [0.15, 0.2) is 48.7 Å². The maximum Gasteiger partial charge on any atom is 0.342 e. The lowest BCUT2D eigenvalue weighted by atomic mass is 9.98. The molecule has 20 heavy (non-hydrogen) atoms. The number of carbonyl (C=O) groups excluding carboxylic acids is 1. The summed E-state index contributed by atoms with van der Waals surface area (Å²) >= 11 is 0. The highest BCUT2D eigenvalue weighted by Gasteiger charge is 2.21. The molecule has 0 saturated carbocycles. The highest BCUT2D eigenvalue weighted by molar-refractivity contribution is 6.32. The summed E-state index contributed by atoms with van der Waals surface area (Å²) in [7, 11) is 7.11. The van der Waals surface area contributed by atoms with E-state index in [0.717, 1.165) is 5.56 Å². The Bertz CT molecular complexity index is 781. The zero-order valence-corrected chi connectivity index (χ0v) is 10.9. The van der Waals surface area contributed by atoms with Gasteiger partial charge in [-0.25, -0.2) is 9.31 Å². The zero-order chi connectivity index (χ0) is 14.1. The Morgan fingerprint density at radius 1 is 1.20 bits per heavy atom. The van der Waals surface area contributed by atoms with Crippen LogP contribution in [0.1, 0.15) is 10.4 Å². The zero-order valence-electron chi connectivity index (χ0n) is 10.9. The average Bonchev–Trinajstić information content (AvgIpc) is 2.85. The van der Waals surface area contributed by atoms with Gasteiger partial charge in [0.1, 0.15) is 19.1 Å². The van der Waals surface area contributed by atoms with Crippen molar-refractivity contribution in [1.82, 2.24) is 9.61 Å². The van der Waals surface area contributed by atoms with Crippen LogP contribution in [0.2, 0.25) is 0 Å². The van der Waals surface area contributed by atoms with Crippen LogP contribution in [0.5, 0.6) is 0 Å². The molecule has 0 atom stereocenters. The second-order valence-electron chi connectivity index (χ2n) is 4.37. The molecule has 2 heterocycles. The third-order valence-electron chi connectivity index (χ3n) is 3.09. The minimum Gasteiger partial charge on any atom is -0.465 e. The predicted molar refractivity (Wildman–Crippen MR) is 77.4 cm³/mol. The van der Waals surface area contributed by atoms with E-state index in [2.05, 4.69) is 5.10 Å². The van der Waals surface area contributed by atoms with Gasteiger partial charge in [-0.1, -0.05) is 41.9 Å². The van der Waals surface area contributed by atoms with Gasteiger partial charge in [-0.2, -0.15) is 5.10 Å². The van der Waals surface area contributed by atoms with Gasteiger partial charge >= 0.3 is 5.97 Å². The van der Waals surface area contributed by atoms with Gasteiger partial charge in [0, 0.05) is 11.8 Å². The molecule has 0 spiro atoms. The summed E-state index contributed by atoms with van der Waals surface area (Å²) in [5, 5.41) is 4.45. The molecule has 3 rings (SSSR count). The molecule has 5 heteroatoms. The molecule has 4 nitrogen and oxygen atoms in total. The van der Waals surface area contributed by atoms with Crippen LogP contribution in [0.25, 0.3) is 16.8 Å². The van der Waals surface area contributed by atoms with Crippen molar-refractivity contribution in [3.05, 3.63) is 54.2 Å². The minimum absolute atomic E-state index is 0.413. The summed E-state index contributed by atoms with van der Waals surface area (Å²) in [6.07, 6.45) is 1.67. The first-order chi connectivity index (χ1) is 9.70. The van der Waals surface area contributed by atoms with E-state index in [0.29, 0.717) is 22.2 Å². The lowest BCUT2D eigenvalue weighted by Crippen LogP contribution is -2.06. The number of pyridine rings is 1. The lowest BCUT2D eigenvalue weighted by Gasteiger charge is -2.01. The summed E-state index contributed by atoms with van der Waals surface area (Å²) in [5.41, 5.74) is 3.14. The third-order valence-corrected chi connectivity index (χ3v) is 3.09. The van der Waals surface area contributed by atoms with Crippen molar-refractivity contribution in [2.24, 2.45) is 0 Å². The van der Waals surface area contributed by atoms with Gasteiger partial charge < -0.3 is 4.74 Å². The maximum atomic E-state index is 12.1. The van der Waals surface area contributed by atoms with Gasteiger partial charge in [0.05, 0.1) is 12.6 Å². The molecule has 0 saturated heterocycles. The molecule has 0 aliphatic rings. The molecule has 0 amide bonds. The fourth-order valence-corrected chi connectivity index (χ4v) is 2.17. The molecule has 0 bridgehead atoms. The molecule has 0 fully saturated rings. The Morgan fingerprint density at radius 2 is 1.95 bits per heavy atom. The SMILES string of the molecule is [B]c1ccc2c(C(=O)OC)c(-c3ccccc3)nn2c1. The summed E-state index contributed by atoms with van der Waals surface area (Å²) in [6, 6.07) is 13.0. The molecule has 96 valence electrons. The number of aromatic nitrogens is 2. The van der Waals surface area contributed by atoms with Crippen molar-refractivity contribution in [2.75, 3.05) is 7.11 Å². The number of benzene rings is 1. The molecule has 0 N–H and O–H groups in total. The monoisotopic (exact) mass is 262 g/mol. The third kappa shape index (κ3) is 1.97. The van der Waals surface area contributed by atoms with Gasteiger partial charge in [-0.15, -0.1) is 0 Å². The van der Waals surface area contributed by atoms with Crippen molar-refractivity contribution >= 4 is 24.8 Å². The molecule has 2 aromatic heterocycles. The van der Waals surface area contributed by atoms with Crippen molar-refractivity contribution in [1.29, 1.82) is 0 Å². The summed E-state index contributed by atoms with van der Waals surface area (Å²) < 4.78 is 6.47. The molecule has 2 radical (unpaired) electrons. The number of esters is 1. The molecule has 0 aliphatic carbocycles. The van der Waals surface area contributed by atoms with Crippen LogP contribution < -0.4 is 5.46 Å². The maximum absolute atomic E-state index is 12.1. The largest absolute Gasteiger partial charge is 0.465 e. The highest BCUT2D eigenvalue weighted by Crippen LogP contribution is 2.26. The highest BCUT2D eigenvalue weighted by atomic mass is 16.5. The Hall–Kier alpha value is -2.56. The van der Waals surface area contributed by atoms with Crippen molar-refractivity contribution in [3.8, 4) is 11.3 Å². The number of hydrogen-bond donors (Lipinski definition) is 0. The predicted octanol–water partition coefficient (Wildman–Crippen LogP) is 1.58. The molecule has 0 unspecified atom stereocenters. The van der Waals surface area contributed by atoms with Crippen LogP contribution in [-0.4, -0.2) is 30.5 Å². The molecule has 1 aromatic carbocycles. The van der Waals surface area contributed by atoms with E-state index in [1.54, 1.807) is 22.8 Å². The Kier molecular flexibility index (Phi) is 3.02. The topological polar surface area (TPSA) is 43.6 Å². The molecular weight excluding hydrogens is 251 g/mol. The van der Waals surface area contributed by atoms with E-state index in [4.69, 9.17) is 12.6 Å². The van der Waals surface area contributed by atoms with Gasteiger partial charge in [-0.05, 0) is 6.07 Å². The van der Waals surface area contributed by atoms with Crippen LogP contribution >= 0.6 is 0 Å². The van der Waals surface area contributed by atoms with E-state index in [-0.39, 0.29) is 0 Å². The first kappa shape index (κ1) is 12.5. The second-order valence-corrected chi connectivity index (χ2v) is 4.37. The number of hydrogen-bond acceptors (Lipinski definition) is 3. The Balaban J connectivity index is 2.33. The van der Waals surface area contributed by atoms with Crippen LogP contribution in [-0.2, 0) is 4.74 Å². The van der Waals surface area contributed by atoms with E-state index in [1.165, 1.54) is 7.11 Å². The number of methoxy groups -OCH3 is 1. The number of carbonyl (C=O) groups is 1. The first-order valence-corrected chi connectivity index (χ1v) is 6.12. The van der Waals surface area contributed by atoms with Crippen LogP contribution in [0.3, 0.4) is 0 Å². The van der Waals surface area contributed by atoms with Crippen molar-refractivity contribution < 1.29 is 9.53 Å².